The van der Waals surface area contributed by atoms with Crippen LogP contribution in [0.4, 0.5) is 0 Å². The van der Waals surface area contributed by atoms with Crippen LogP contribution in [0.15, 0.2) is 12.4 Å². The number of ether oxygens (including phenoxy) is 13. The van der Waals surface area contributed by atoms with Gasteiger partial charge < -0.3 is 123 Å². The van der Waals surface area contributed by atoms with E-state index in [1.165, 1.54) is 180 Å². The summed E-state index contributed by atoms with van der Waals surface area (Å²) in [5.74, 6) is 0.463. The molecule has 4 saturated heterocycles. The third-order valence-electron chi connectivity index (χ3n) is 23.3. The first kappa shape index (κ1) is 103. The van der Waals surface area contributed by atoms with Gasteiger partial charge in [0, 0.05) is 0 Å². The summed E-state index contributed by atoms with van der Waals surface area (Å²) in [7, 11) is 0. The summed E-state index contributed by atoms with van der Waals surface area (Å²) < 4.78 is 80.2. The summed E-state index contributed by atoms with van der Waals surface area (Å²) in [6.07, 6.45) is 21.6. The lowest BCUT2D eigenvalue weighted by Crippen LogP contribution is -2.64. The minimum absolute atomic E-state index is 0.0507. The van der Waals surface area contributed by atoms with Crippen LogP contribution in [0, 0.1) is 11.8 Å². The third kappa shape index (κ3) is 40.0. The van der Waals surface area contributed by atoms with Gasteiger partial charge in [-0.1, -0.05) is 269 Å². The molecule has 117 heavy (non-hydrogen) atoms. The number of aromatic nitrogens is 6. The molecule has 4 aliphatic heterocycles. The van der Waals surface area contributed by atoms with E-state index >= 15 is 0 Å². The molecule has 2 aromatic heterocycles. The Hall–Kier alpha value is -2.72. The summed E-state index contributed by atoms with van der Waals surface area (Å²) in [5, 5.41) is 149. The molecule has 0 saturated carbocycles. The number of hydrogen-bond acceptors (Lipinski definition) is 29. The minimum Gasteiger partial charge on any atom is -0.394 e. The molecule has 0 bridgehead atoms. The van der Waals surface area contributed by atoms with Gasteiger partial charge in [0.25, 0.3) is 0 Å². The molecule has 6 heterocycles. The van der Waals surface area contributed by atoms with Gasteiger partial charge in [-0.3, -0.25) is 0 Å². The van der Waals surface area contributed by atoms with Gasteiger partial charge in [0.2, 0.25) is 0 Å². The quantitative estimate of drug-likeness (QED) is 0.0275. The molecule has 6 rings (SSSR count). The predicted molar refractivity (Wildman–Crippen MR) is 437 cm³/mol. The first-order valence-corrected chi connectivity index (χ1v) is 45.9. The van der Waals surface area contributed by atoms with Crippen molar-refractivity contribution < 1.29 is 123 Å². The van der Waals surface area contributed by atoms with Crippen molar-refractivity contribution in [2.75, 3.05) is 79.3 Å². The van der Waals surface area contributed by atoms with Crippen LogP contribution in [0.1, 0.15) is 296 Å². The number of aliphatic hydroxyl groups excluding tert-OH is 12. The number of nitrogens with zero attached hydrogens (tertiary/aromatic N) is 6. The van der Waals surface area contributed by atoms with E-state index in [1.807, 2.05) is 0 Å². The Labute approximate surface area is 698 Å². The second-order valence-electron chi connectivity index (χ2n) is 33.3. The van der Waals surface area contributed by atoms with Crippen LogP contribution >= 0.6 is 0 Å². The SMILES string of the molecule is CCCCCCCCCCCCC(CCCCCCCCCC)CO[C@@H]1O[C@H](CO)[C@@H](O[C@@H]2O[C@H](COCc3cn(CCOCCOCCOCCn4cc(COC[C@H]5O[C@@H](O[C@H]6[C@H](O)[C@@H](O)[C@H](OCC(CCCCCCCCCC)CCCCCCCCCCCC)O[C@@H]6CO)[C@H](O)[C@@H](O)[C@H]5O)nn4)nn3)[C@H](O)[C@H](O)[C@H]2O)[C@H](O)[C@H]1O. The van der Waals surface area contributed by atoms with Gasteiger partial charge in [0.15, 0.2) is 25.2 Å². The molecule has 0 spiro atoms. The fourth-order valence-corrected chi connectivity index (χ4v) is 15.9. The fraction of sp³-hybridized carbons (Fsp3) is 0.953. The highest BCUT2D eigenvalue weighted by Crippen LogP contribution is 2.34. The molecule has 0 aliphatic carbocycles. The van der Waals surface area contributed by atoms with Crippen molar-refractivity contribution >= 4 is 0 Å². The summed E-state index contributed by atoms with van der Waals surface area (Å²) in [5.41, 5.74) is 0.905. The molecule has 684 valence electrons. The van der Waals surface area contributed by atoms with E-state index < -0.39 is 136 Å². The standard InChI is InChI=1S/C86H160N6O25/c1-5-9-13-17-21-25-27-31-35-39-43-63(41-37-33-29-23-19-15-11-7-3)57-110-83-79(103)75(99)81(67(55-93)112-83)116-85-77(101)73(97)71(95)69(114-85)61-108-59-65-53-91(89-87-65)45-47-105-49-51-107-52-50-106-48-46-92-54-66(88-90-92)60-109-62-70-72(96)74(98)78(102)86(115-70)117-82-68(56-94)113-84(80(104)76(82)100)111-58-64(42-38-34-30-24-20-16-12-8-4)44-40-36-32-28-26-22-18-14-10-6-2/h53-54,63-64,67-86,93-104H,5-52,55-62H2,1-4H3/t63?,64?,67-,68-,69-,70-,71+,72+,73+,74+,75-,76-,77-,78-,79-,80-,81-,82-,83-,84-,85+,86+/m1/s1. The number of rotatable bonds is 72. The lowest BCUT2D eigenvalue weighted by atomic mass is 9.94. The highest BCUT2D eigenvalue weighted by molar-refractivity contribution is 4.98. The van der Waals surface area contributed by atoms with Crippen molar-refractivity contribution in [3.05, 3.63) is 23.8 Å². The van der Waals surface area contributed by atoms with Gasteiger partial charge >= 0.3 is 0 Å². The second-order valence-corrected chi connectivity index (χ2v) is 33.3. The smallest absolute Gasteiger partial charge is 0.187 e. The van der Waals surface area contributed by atoms with Crippen LogP contribution in [0.5, 0.6) is 0 Å². The molecule has 31 heteroatoms. The zero-order valence-corrected chi connectivity index (χ0v) is 71.8. The van der Waals surface area contributed by atoms with Crippen LogP contribution in [0.25, 0.3) is 0 Å². The van der Waals surface area contributed by atoms with Gasteiger partial charge in [-0.15, -0.1) is 10.2 Å². The second kappa shape index (κ2) is 63.2. The Morgan fingerprint density at radius 1 is 0.316 bits per heavy atom. The Kier molecular flexibility index (Phi) is 55.7. The van der Waals surface area contributed by atoms with Crippen molar-refractivity contribution in [1.29, 1.82) is 0 Å². The van der Waals surface area contributed by atoms with E-state index in [1.54, 1.807) is 21.8 Å². The number of aliphatic hydroxyl groups is 12. The Bertz CT molecular complexity index is 2490. The highest BCUT2D eigenvalue weighted by atomic mass is 16.8. The Balaban J connectivity index is 0.814. The van der Waals surface area contributed by atoms with E-state index in [2.05, 4.69) is 48.3 Å². The average Bonchev–Trinajstić information content (AvgIpc) is 1.31. The highest BCUT2D eigenvalue weighted by Gasteiger charge is 2.53. The monoisotopic (exact) mass is 1680 g/mol. The lowest BCUT2D eigenvalue weighted by molar-refractivity contribution is -0.360. The lowest BCUT2D eigenvalue weighted by Gasteiger charge is -2.46. The molecule has 22 atom stereocenters. The Morgan fingerprint density at radius 2 is 0.590 bits per heavy atom. The van der Waals surface area contributed by atoms with Crippen molar-refractivity contribution in [3.63, 3.8) is 0 Å². The van der Waals surface area contributed by atoms with Crippen LogP contribution < -0.4 is 0 Å². The molecule has 12 N–H and O–H groups in total. The molecule has 0 amide bonds. The zero-order chi connectivity index (χ0) is 84.0. The summed E-state index contributed by atoms with van der Waals surface area (Å²) in [6, 6.07) is 0. The first-order chi connectivity index (χ1) is 57.0. The molecule has 0 radical (unpaired) electrons. The summed E-state index contributed by atoms with van der Waals surface area (Å²) in [4.78, 5) is 0. The molecular weight excluding hydrogens is 1520 g/mol. The van der Waals surface area contributed by atoms with Crippen molar-refractivity contribution in [3.8, 4) is 0 Å². The molecule has 4 aliphatic rings. The van der Waals surface area contributed by atoms with Gasteiger partial charge in [-0.25, -0.2) is 9.36 Å². The van der Waals surface area contributed by atoms with Crippen LogP contribution in [0.2, 0.25) is 0 Å². The van der Waals surface area contributed by atoms with Gasteiger partial charge in [0.05, 0.1) is 118 Å². The number of hydrogen-bond donors (Lipinski definition) is 12. The molecular formula is C86H160N6O25. The van der Waals surface area contributed by atoms with Crippen LogP contribution in [-0.2, 0) is 87.9 Å². The zero-order valence-electron chi connectivity index (χ0n) is 71.8. The van der Waals surface area contributed by atoms with E-state index in [4.69, 9.17) is 61.6 Å². The summed E-state index contributed by atoms with van der Waals surface area (Å²) in [6.45, 7) is 10.3. The molecule has 4 fully saturated rings. The Morgan fingerprint density at radius 3 is 0.889 bits per heavy atom. The van der Waals surface area contributed by atoms with E-state index in [0.717, 1.165) is 77.0 Å². The first-order valence-electron chi connectivity index (χ1n) is 45.9. The largest absolute Gasteiger partial charge is 0.394 e. The fourth-order valence-electron chi connectivity index (χ4n) is 15.9. The topological polar surface area (TPSA) is 424 Å². The van der Waals surface area contributed by atoms with E-state index in [9.17, 15) is 61.3 Å². The van der Waals surface area contributed by atoms with E-state index in [0.29, 0.717) is 77.3 Å². The predicted octanol–water partition coefficient (Wildman–Crippen LogP) is 8.87. The molecule has 31 nitrogen and oxygen atoms in total. The van der Waals surface area contributed by atoms with Crippen molar-refractivity contribution in [2.24, 2.45) is 11.8 Å². The van der Waals surface area contributed by atoms with Crippen molar-refractivity contribution in [2.45, 2.75) is 434 Å². The van der Waals surface area contributed by atoms with Crippen molar-refractivity contribution in [1.82, 2.24) is 30.0 Å². The molecule has 2 unspecified atom stereocenters. The normalized spacial score (nSPS) is 28.3. The van der Waals surface area contributed by atoms with Gasteiger partial charge in [-0.2, -0.15) is 0 Å². The van der Waals surface area contributed by atoms with Crippen LogP contribution in [0.3, 0.4) is 0 Å². The molecule has 0 aromatic carbocycles. The maximum atomic E-state index is 11.4. The molecule has 2 aromatic rings. The average molecular weight is 1680 g/mol. The summed E-state index contributed by atoms with van der Waals surface area (Å²) >= 11 is 0. The van der Waals surface area contributed by atoms with Crippen LogP contribution in [-0.4, -0.2) is 293 Å². The third-order valence-corrected chi connectivity index (χ3v) is 23.3. The number of unbranched alkanes of at least 4 members (excludes halogenated alkanes) is 32. The van der Waals surface area contributed by atoms with Gasteiger partial charge in [-0.05, 0) is 37.5 Å². The van der Waals surface area contributed by atoms with E-state index in [-0.39, 0.29) is 38.3 Å². The van der Waals surface area contributed by atoms with Gasteiger partial charge in [0.1, 0.15) is 109 Å². The minimum atomic E-state index is -1.78. The maximum Gasteiger partial charge on any atom is 0.187 e. The maximum absolute atomic E-state index is 11.4.